The first-order chi connectivity index (χ1) is 8.58. The third kappa shape index (κ3) is 2.92. The molecule has 2 rings (SSSR count). The predicted octanol–water partition coefficient (Wildman–Crippen LogP) is 4.11. The number of hydrogen-bond acceptors (Lipinski definition) is 2. The molecule has 0 saturated carbocycles. The molecule has 0 aliphatic carbocycles. The Balaban J connectivity index is 2.25. The Kier molecular flexibility index (Phi) is 4.04. The molecule has 92 valence electrons. The first-order valence-electron chi connectivity index (χ1n) is 5.39. The molecule has 0 aliphatic rings. The number of benzene rings is 2. The molecule has 0 aliphatic heterocycles. The molecule has 4 heteroatoms. The van der Waals surface area contributed by atoms with Gasteiger partial charge in [-0.25, -0.2) is 0 Å². The second-order valence-corrected chi connectivity index (χ2v) is 5.21. The van der Waals surface area contributed by atoms with Gasteiger partial charge >= 0.3 is 0 Å². The fourth-order valence-electron chi connectivity index (χ4n) is 1.70. The summed E-state index contributed by atoms with van der Waals surface area (Å²) in [7, 11) is 0. The molecule has 0 unspecified atom stereocenters. The maximum atomic E-state index is 12.2. The van der Waals surface area contributed by atoms with Gasteiger partial charge in [-0.15, -0.1) is 0 Å². The van der Waals surface area contributed by atoms with Crippen LogP contribution in [0.3, 0.4) is 0 Å². The van der Waals surface area contributed by atoms with Gasteiger partial charge in [-0.1, -0.05) is 45.7 Å². The monoisotopic (exact) mass is 323 g/mol. The fraction of sp³-hybridized carbons (Fsp3) is 0.0714. The van der Waals surface area contributed by atoms with Gasteiger partial charge in [0.25, 0.3) is 0 Å². The Labute approximate surface area is 119 Å². The summed E-state index contributed by atoms with van der Waals surface area (Å²) in [6, 6.07) is 12.6. The van der Waals surface area contributed by atoms with Crippen LogP contribution in [0.1, 0.15) is 15.9 Å². The predicted molar refractivity (Wildman–Crippen MR) is 78.0 cm³/mol. The van der Waals surface area contributed by atoms with E-state index in [2.05, 4.69) is 15.9 Å². The Bertz CT molecular complexity index is 598. The highest BCUT2D eigenvalue weighted by Gasteiger charge is 2.12. The summed E-state index contributed by atoms with van der Waals surface area (Å²) in [5.41, 5.74) is 7.66. The first kappa shape index (κ1) is 13.1. The Morgan fingerprint density at radius 1 is 1.22 bits per heavy atom. The van der Waals surface area contributed by atoms with Crippen LogP contribution in [0, 0.1) is 0 Å². The van der Waals surface area contributed by atoms with Gasteiger partial charge in [0.1, 0.15) is 0 Å². The summed E-state index contributed by atoms with van der Waals surface area (Å²) in [4.78, 5) is 12.2. The van der Waals surface area contributed by atoms with Crippen LogP contribution in [0.2, 0.25) is 5.02 Å². The minimum atomic E-state index is -0.0175. The number of anilines is 1. The van der Waals surface area contributed by atoms with Crippen LogP contribution < -0.4 is 5.73 Å². The van der Waals surface area contributed by atoms with Gasteiger partial charge in [-0.05, 0) is 29.8 Å². The smallest absolute Gasteiger partial charge is 0.169 e. The van der Waals surface area contributed by atoms with Crippen molar-refractivity contribution < 1.29 is 4.79 Å². The molecule has 0 fully saturated rings. The summed E-state index contributed by atoms with van der Waals surface area (Å²) in [5, 5.41) is 0.532. The van der Waals surface area contributed by atoms with E-state index in [-0.39, 0.29) is 5.78 Å². The van der Waals surface area contributed by atoms with E-state index >= 15 is 0 Å². The van der Waals surface area contributed by atoms with Crippen LogP contribution in [-0.2, 0) is 6.42 Å². The molecule has 0 saturated heterocycles. The number of carbonyl (C=O) groups excluding carboxylic acids is 1. The summed E-state index contributed by atoms with van der Waals surface area (Å²) in [5.74, 6) is -0.0175. The van der Waals surface area contributed by atoms with Crippen LogP contribution in [0.5, 0.6) is 0 Å². The van der Waals surface area contributed by atoms with Crippen molar-refractivity contribution in [3.05, 3.63) is 63.1 Å². The molecule has 0 spiro atoms. The van der Waals surface area contributed by atoms with Crippen LogP contribution in [0.15, 0.2) is 46.9 Å². The van der Waals surface area contributed by atoms with Gasteiger partial charge in [-0.3, -0.25) is 4.79 Å². The number of carbonyl (C=O) groups is 1. The lowest BCUT2D eigenvalue weighted by Crippen LogP contribution is -2.07. The molecule has 2 aromatic rings. The molecule has 18 heavy (non-hydrogen) atoms. The summed E-state index contributed by atoms with van der Waals surface area (Å²) >= 11 is 9.23. The number of Topliss-reactive ketones (excluding diaryl/α,β-unsaturated/α-hetero) is 1. The van der Waals surface area contributed by atoms with E-state index in [1.807, 2.05) is 24.3 Å². The highest BCUT2D eigenvalue weighted by Crippen LogP contribution is 2.22. The average Bonchev–Trinajstić information content (AvgIpc) is 2.32. The molecule has 0 atom stereocenters. The maximum absolute atomic E-state index is 12.2. The minimum absolute atomic E-state index is 0.0175. The standard InChI is InChI=1S/C14H11BrClNO/c15-12-4-2-1-3-9(12)7-14(18)11-6-5-10(16)8-13(11)17/h1-6,8H,7,17H2. The van der Waals surface area contributed by atoms with Crippen molar-refractivity contribution in [2.45, 2.75) is 6.42 Å². The van der Waals surface area contributed by atoms with Gasteiger partial charge in [-0.2, -0.15) is 0 Å². The van der Waals surface area contributed by atoms with E-state index in [4.69, 9.17) is 17.3 Å². The molecule has 2 nitrogen and oxygen atoms in total. The van der Waals surface area contributed by atoms with E-state index in [0.717, 1.165) is 10.0 Å². The summed E-state index contributed by atoms with van der Waals surface area (Å²) in [6.45, 7) is 0. The molecule has 0 radical (unpaired) electrons. The maximum Gasteiger partial charge on any atom is 0.169 e. The number of rotatable bonds is 3. The van der Waals surface area contributed by atoms with Crippen LogP contribution in [-0.4, -0.2) is 5.78 Å². The lowest BCUT2D eigenvalue weighted by molar-refractivity contribution is 0.0993. The Morgan fingerprint density at radius 3 is 2.61 bits per heavy atom. The van der Waals surface area contributed by atoms with Crippen LogP contribution in [0.4, 0.5) is 5.69 Å². The molecular weight excluding hydrogens is 314 g/mol. The molecular formula is C14H11BrClNO. The molecule has 0 heterocycles. The second kappa shape index (κ2) is 5.55. The highest BCUT2D eigenvalue weighted by atomic mass is 79.9. The number of halogens is 2. The largest absolute Gasteiger partial charge is 0.398 e. The fourth-order valence-corrected chi connectivity index (χ4v) is 2.30. The van der Waals surface area contributed by atoms with Gasteiger partial charge < -0.3 is 5.73 Å². The number of hydrogen-bond donors (Lipinski definition) is 1. The molecule has 0 aromatic heterocycles. The van der Waals surface area contributed by atoms with E-state index in [1.54, 1.807) is 18.2 Å². The third-order valence-corrected chi connectivity index (χ3v) is 3.63. The zero-order chi connectivity index (χ0) is 13.1. The number of nitrogens with two attached hydrogens (primary N) is 1. The summed E-state index contributed by atoms with van der Waals surface area (Å²) in [6.07, 6.45) is 0.313. The SMILES string of the molecule is Nc1cc(Cl)ccc1C(=O)Cc1ccccc1Br. The van der Waals surface area contributed by atoms with Crippen LogP contribution >= 0.6 is 27.5 Å². The van der Waals surface area contributed by atoms with Gasteiger partial charge in [0.15, 0.2) is 5.78 Å². The Hall–Kier alpha value is -1.32. The number of nitrogen functional groups attached to an aromatic ring is 1. The van der Waals surface area contributed by atoms with Crippen molar-refractivity contribution >= 4 is 39.0 Å². The number of ketones is 1. The lowest BCUT2D eigenvalue weighted by atomic mass is 10.0. The van der Waals surface area contributed by atoms with E-state index < -0.39 is 0 Å². The summed E-state index contributed by atoms with van der Waals surface area (Å²) < 4.78 is 0.922. The van der Waals surface area contributed by atoms with Crippen molar-refractivity contribution in [3.63, 3.8) is 0 Å². The molecule has 0 bridgehead atoms. The van der Waals surface area contributed by atoms with E-state index in [1.165, 1.54) is 0 Å². The lowest BCUT2D eigenvalue weighted by Gasteiger charge is -2.06. The average molecular weight is 325 g/mol. The van der Waals surface area contributed by atoms with Crippen molar-refractivity contribution in [3.8, 4) is 0 Å². The zero-order valence-electron chi connectivity index (χ0n) is 9.49. The highest BCUT2D eigenvalue weighted by molar-refractivity contribution is 9.10. The van der Waals surface area contributed by atoms with E-state index in [0.29, 0.717) is 22.7 Å². The minimum Gasteiger partial charge on any atom is -0.398 e. The second-order valence-electron chi connectivity index (χ2n) is 3.92. The molecule has 2 aromatic carbocycles. The van der Waals surface area contributed by atoms with Gasteiger partial charge in [0.05, 0.1) is 0 Å². The van der Waals surface area contributed by atoms with Crippen molar-refractivity contribution in [1.29, 1.82) is 0 Å². The van der Waals surface area contributed by atoms with E-state index in [9.17, 15) is 4.79 Å². The zero-order valence-corrected chi connectivity index (χ0v) is 11.8. The van der Waals surface area contributed by atoms with Gasteiger partial charge in [0, 0.05) is 27.2 Å². The normalized spacial score (nSPS) is 10.3. The van der Waals surface area contributed by atoms with Crippen molar-refractivity contribution in [2.24, 2.45) is 0 Å². The topological polar surface area (TPSA) is 43.1 Å². The van der Waals surface area contributed by atoms with Crippen molar-refractivity contribution in [2.75, 3.05) is 5.73 Å². The molecule has 2 N–H and O–H groups in total. The van der Waals surface area contributed by atoms with Crippen LogP contribution in [0.25, 0.3) is 0 Å². The first-order valence-corrected chi connectivity index (χ1v) is 6.56. The molecule has 0 amide bonds. The Morgan fingerprint density at radius 2 is 1.94 bits per heavy atom. The third-order valence-electron chi connectivity index (χ3n) is 2.62. The quantitative estimate of drug-likeness (QED) is 0.682. The van der Waals surface area contributed by atoms with Gasteiger partial charge in [0.2, 0.25) is 0 Å². The van der Waals surface area contributed by atoms with Crippen molar-refractivity contribution in [1.82, 2.24) is 0 Å².